The molecule has 0 radical (unpaired) electrons. The van der Waals surface area contributed by atoms with Crippen molar-refractivity contribution in [1.29, 1.82) is 0 Å². The van der Waals surface area contributed by atoms with Crippen molar-refractivity contribution in [1.82, 2.24) is 24.8 Å². The fourth-order valence-electron chi connectivity index (χ4n) is 6.10. The lowest BCUT2D eigenvalue weighted by Gasteiger charge is -2.42. The van der Waals surface area contributed by atoms with Crippen LogP contribution in [0.1, 0.15) is 35.3 Å². The number of amides is 1. The van der Waals surface area contributed by atoms with E-state index < -0.39 is 0 Å². The molecule has 0 spiro atoms. The van der Waals surface area contributed by atoms with Crippen molar-refractivity contribution in [3.05, 3.63) is 35.1 Å². The first-order valence-corrected chi connectivity index (χ1v) is 15.2. The molecular weight excluding hydrogens is 538 g/mol. The van der Waals surface area contributed by atoms with Crippen LogP contribution in [0.4, 0.5) is 33.8 Å². The Balaban J connectivity index is 1.19. The quantitative estimate of drug-likeness (QED) is 0.464. The third-order valence-corrected chi connectivity index (χ3v) is 9.49. The molecule has 0 bridgehead atoms. The van der Waals surface area contributed by atoms with Gasteiger partial charge in [-0.15, -0.1) is 11.3 Å². The van der Waals surface area contributed by atoms with Crippen LogP contribution in [0.25, 0.3) is 0 Å². The molecule has 6 rings (SSSR count). The normalized spacial score (nSPS) is 18.8. The summed E-state index contributed by atoms with van der Waals surface area (Å²) in [6.07, 6.45) is 4.05. The number of thiazole rings is 1. The van der Waals surface area contributed by atoms with Gasteiger partial charge in [-0.1, -0.05) is 0 Å². The maximum absolute atomic E-state index is 13.3. The van der Waals surface area contributed by atoms with E-state index in [1.54, 1.807) is 18.2 Å². The van der Waals surface area contributed by atoms with Crippen molar-refractivity contribution in [2.45, 2.75) is 32.7 Å². The van der Waals surface area contributed by atoms with Crippen molar-refractivity contribution in [2.75, 3.05) is 87.0 Å². The summed E-state index contributed by atoms with van der Waals surface area (Å²) in [5.74, 6) is 1.81. The zero-order valence-electron chi connectivity index (χ0n) is 24.6. The summed E-state index contributed by atoms with van der Waals surface area (Å²) in [6, 6.07) is 6.85. The Morgan fingerprint density at radius 3 is 2.51 bits per heavy atom. The number of nitrogens with zero attached hydrogens (tertiary/aromatic N) is 8. The first-order chi connectivity index (χ1) is 19.9. The van der Waals surface area contributed by atoms with Crippen LogP contribution in [0.2, 0.25) is 0 Å². The molecule has 3 aliphatic rings. The van der Waals surface area contributed by atoms with Gasteiger partial charge in [0.2, 0.25) is 5.95 Å². The first kappa shape index (κ1) is 27.7. The minimum Gasteiger partial charge on any atom is -0.495 e. The van der Waals surface area contributed by atoms with Gasteiger partial charge in [-0.05, 0) is 45.9 Å². The molecule has 218 valence electrons. The van der Waals surface area contributed by atoms with Gasteiger partial charge in [0.25, 0.3) is 5.91 Å². The van der Waals surface area contributed by atoms with Crippen molar-refractivity contribution in [2.24, 2.45) is 0 Å². The number of carbonyl (C=O) groups is 1. The zero-order valence-corrected chi connectivity index (χ0v) is 25.4. The number of likely N-dealkylation sites (N-methyl/N-ethyl adjacent to an activating group) is 1. The number of aryl methyl sites for hydroxylation is 1. The van der Waals surface area contributed by atoms with E-state index >= 15 is 0 Å². The third kappa shape index (κ3) is 5.31. The van der Waals surface area contributed by atoms with Crippen LogP contribution in [0.3, 0.4) is 0 Å². The fraction of sp³-hybridized carbons (Fsp3) is 0.517. The smallest absolute Gasteiger partial charge is 0.280 e. The standard InChI is InChI=1S/C29H39N9O2S/c1-6-38-23-18-30-29(33-26(23)35(4)28-25(27(38)39)31-19(2)41-28)32-20-7-8-22(24(17-20)40-5)37-11-9-21(10-12-37)36-15-13-34(3)14-16-36/h7-8,17-18,21H,6,9-16H2,1-5H3,(H,30,32,33). The Bertz CT molecular complexity index is 1410. The van der Waals surface area contributed by atoms with Crippen LogP contribution in [0.15, 0.2) is 24.4 Å². The summed E-state index contributed by atoms with van der Waals surface area (Å²) in [4.78, 5) is 38.3. The lowest BCUT2D eigenvalue weighted by Crippen LogP contribution is -2.52. The lowest BCUT2D eigenvalue weighted by molar-refractivity contribution is 0.0981. The van der Waals surface area contributed by atoms with E-state index in [2.05, 4.69) is 49.2 Å². The highest BCUT2D eigenvalue weighted by Gasteiger charge is 2.33. The average molecular weight is 578 g/mol. The molecule has 12 heteroatoms. The number of aromatic nitrogens is 3. The van der Waals surface area contributed by atoms with Gasteiger partial charge in [0.15, 0.2) is 11.5 Å². The van der Waals surface area contributed by atoms with Gasteiger partial charge < -0.3 is 29.7 Å². The molecule has 41 heavy (non-hydrogen) atoms. The predicted molar refractivity (Wildman–Crippen MR) is 165 cm³/mol. The number of fused-ring (bicyclic) bond motifs is 2. The Labute approximate surface area is 245 Å². The number of rotatable bonds is 6. The number of anilines is 6. The summed E-state index contributed by atoms with van der Waals surface area (Å²) in [5, 5.41) is 4.99. The van der Waals surface area contributed by atoms with E-state index in [-0.39, 0.29) is 5.91 Å². The number of piperazine rings is 1. The third-order valence-electron chi connectivity index (χ3n) is 8.44. The SMILES string of the molecule is CCN1C(=O)c2nc(C)sc2N(C)c2nc(Nc3ccc(N4CCC(N5CCN(C)CC5)CC4)c(OC)c3)ncc21. The molecule has 1 amide bonds. The van der Waals surface area contributed by atoms with Gasteiger partial charge >= 0.3 is 0 Å². The van der Waals surface area contributed by atoms with E-state index in [0.717, 1.165) is 53.3 Å². The predicted octanol–water partition coefficient (Wildman–Crippen LogP) is 3.96. The monoisotopic (exact) mass is 577 g/mol. The molecule has 3 aliphatic heterocycles. The van der Waals surface area contributed by atoms with E-state index in [1.807, 2.05) is 31.9 Å². The molecule has 0 saturated carbocycles. The fourth-order valence-corrected chi connectivity index (χ4v) is 6.97. The second-order valence-electron chi connectivity index (χ2n) is 11.0. The van der Waals surface area contributed by atoms with Gasteiger partial charge in [0, 0.05) is 70.7 Å². The van der Waals surface area contributed by atoms with Crippen molar-refractivity contribution in [3.8, 4) is 5.75 Å². The number of ether oxygens (including phenoxy) is 1. The topological polar surface area (TPSA) is 93.2 Å². The molecule has 1 aromatic carbocycles. The second-order valence-corrected chi connectivity index (χ2v) is 12.1. The molecule has 0 atom stereocenters. The Morgan fingerprint density at radius 1 is 1.05 bits per heavy atom. The minimum atomic E-state index is -0.130. The number of carbonyl (C=O) groups excluding carboxylic acids is 1. The Morgan fingerprint density at radius 2 is 1.80 bits per heavy atom. The van der Waals surface area contributed by atoms with E-state index in [0.29, 0.717) is 35.7 Å². The lowest BCUT2D eigenvalue weighted by atomic mass is 10.0. The van der Waals surface area contributed by atoms with E-state index in [1.165, 1.54) is 37.3 Å². The number of benzene rings is 1. The summed E-state index contributed by atoms with van der Waals surface area (Å²) in [5.41, 5.74) is 3.08. The van der Waals surface area contributed by atoms with Crippen LogP contribution in [-0.4, -0.2) is 104 Å². The number of methoxy groups -OCH3 is 1. The molecule has 1 N–H and O–H groups in total. The van der Waals surface area contributed by atoms with Gasteiger partial charge in [0.05, 0.1) is 24.0 Å². The second kappa shape index (κ2) is 11.4. The molecule has 0 unspecified atom stereocenters. The Kier molecular flexibility index (Phi) is 7.71. The van der Waals surface area contributed by atoms with Crippen molar-refractivity contribution in [3.63, 3.8) is 0 Å². The molecule has 2 aromatic heterocycles. The van der Waals surface area contributed by atoms with E-state index in [9.17, 15) is 4.79 Å². The molecule has 2 fully saturated rings. The maximum Gasteiger partial charge on any atom is 0.280 e. The van der Waals surface area contributed by atoms with Crippen LogP contribution in [0.5, 0.6) is 5.75 Å². The highest BCUT2D eigenvalue weighted by atomic mass is 32.1. The summed E-state index contributed by atoms with van der Waals surface area (Å²) < 4.78 is 5.84. The van der Waals surface area contributed by atoms with Crippen LogP contribution in [-0.2, 0) is 0 Å². The van der Waals surface area contributed by atoms with Crippen molar-refractivity contribution >= 4 is 51.1 Å². The summed E-state index contributed by atoms with van der Waals surface area (Å²) >= 11 is 1.49. The van der Waals surface area contributed by atoms with Gasteiger partial charge in [-0.3, -0.25) is 9.69 Å². The number of nitrogens with one attached hydrogen (secondary N) is 1. The minimum absolute atomic E-state index is 0.130. The highest BCUT2D eigenvalue weighted by molar-refractivity contribution is 7.16. The van der Waals surface area contributed by atoms with Crippen LogP contribution < -0.4 is 24.8 Å². The largest absolute Gasteiger partial charge is 0.495 e. The molecular formula is C29H39N9O2S. The molecule has 0 aliphatic carbocycles. The molecule has 11 nitrogen and oxygen atoms in total. The summed E-state index contributed by atoms with van der Waals surface area (Å²) in [7, 11) is 5.85. The van der Waals surface area contributed by atoms with Gasteiger partial charge in [-0.25, -0.2) is 9.97 Å². The zero-order chi connectivity index (χ0) is 28.7. The number of hydrogen-bond donors (Lipinski definition) is 1. The van der Waals surface area contributed by atoms with Crippen LogP contribution in [0, 0.1) is 6.92 Å². The van der Waals surface area contributed by atoms with Gasteiger partial charge in [-0.2, -0.15) is 4.98 Å². The first-order valence-electron chi connectivity index (χ1n) is 14.4. The van der Waals surface area contributed by atoms with Crippen LogP contribution >= 0.6 is 11.3 Å². The average Bonchev–Trinajstić information content (AvgIpc) is 3.36. The van der Waals surface area contributed by atoms with Crippen molar-refractivity contribution < 1.29 is 9.53 Å². The van der Waals surface area contributed by atoms with Gasteiger partial charge in [0.1, 0.15) is 16.4 Å². The van der Waals surface area contributed by atoms with E-state index in [4.69, 9.17) is 9.72 Å². The number of piperidine rings is 1. The molecule has 2 saturated heterocycles. The Hall–Kier alpha value is -3.48. The molecule has 5 heterocycles. The summed E-state index contributed by atoms with van der Waals surface area (Å²) in [6.45, 7) is 11.1. The maximum atomic E-state index is 13.3. The number of hydrogen-bond acceptors (Lipinski definition) is 11. The highest BCUT2D eigenvalue weighted by Crippen LogP contribution is 2.42. The molecule has 3 aromatic rings.